The molecule has 0 aliphatic heterocycles. The van der Waals surface area contributed by atoms with Crippen LogP contribution in [0.3, 0.4) is 0 Å². The lowest BCUT2D eigenvalue weighted by Gasteiger charge is -2.20. The van der Waals surface area contributed by atoms with Gasteiger partial charge in [0.15, 0.2) is 0 Å². The zero-order chi connectivity index (χ0) is 11.7. The van der Waals surface area contributed by atoms with Crippen LogP contribution in [0.5, 0.6) is 0 Å². The summed E-state index contributed by atoms with van der Waals surface area (Å²) in [5.41, 5.74) is -1.27. The first-order valence-corrected chi connectivity index (χ1v) is 5.10. The second kappa shape index (κ2) is 3.90. The molecule has 0 spiro atoms. The standard InChI is InChI=1S/C10H19N3O2/c1-5-10(4,15)7-13-6-8(11-12-13)9(2,3)14/h6,14-15H,5,7H2,1-4H3. The maximum atomic E-state index is 9.84. The molecule has 0 saturated heterocycles. The molecule has 0 amide bonds. The number of aliphatic hydroxyl groups is 2. The van der Waals surface area contributed by atoms with E-state index in [9.17, 15) is 10.2 Å². The highest BCUT2D eigenvalue weighted by molar-refractivity contribution is 5.02. The van der Waals surface area contributed by atoms with Gasteiger partial charge in [0, 0.05) is 0 Å². The SMILES string of the molecule is CCC(C)(O)Cn1cc(C(C)(C)O)nn1. The molecule has 15 heavy (non-hydrogen) atoms. The first-order chi connectivity index (χ1) is 6.74. The summed E-state index contributed by atoms with van der Waals surface area (Å²) in [6, 6.07) is 0. The summed E-state index contributed by atoms with van der Waals surface area (Å²) < 4.78 is 1.55. The monoisotopic (exact) mass is 213 g/mol. The van der Waals surface area contributed by atoms with E-state index in [2.05, 4.69) is 10.3 Å². The number of nitrogens with zero attached hydrogens (tertiary/aromatic N) is 3. The molecule has 1 atom stereocenters. The maximum absolute atomic E-state index is 9.84. The molecule has 1 unspecified atom stereocenters. The molecule has 0 radical (unpaired) electrons. The van der Waals surface area contributed by atoms with Crippen molar-refractivity contribution < 1.29 is 10.2 Å². The van der Waals surface area contributed by atoms with Crippen LogP contribution in [0, 0.1) is 0 Å². The van der Waals surface area contributed by atoms with Gasteiger partial charge in [-0.2, -0.15) is 0 Å². The van der Waals surface area contributed by atoms with Crippen molar-refractivity contribution in [2.24, 2.45) is 0 Å². The fourth-order valence-electron chi connectivity index (χ4n) is 1.12. The number of hydrogen-bond acceptors (Lipinski definition) is 4. The molecule has 86 valence electrons. The Balaban J connectivity index is 2.78. The van der Waals surface area contributed by atoms with Crippen molar-refractivity contribution in [3.63, 3.8) is 0 Å². The van der Waals surface area contributed by atoms with Gasteiger partial charge < -0.3 is 10.2 Å². The first kappa shape index (κ1) is 12.1. The van der Waals surface area contributed by atoms with E-state index >= 15 is 0 Å². The van der Waals surface area contributed by atoms with Gasteiger partial charge in [-0.25, -0.2) is 4.68 Å². The Hall–Kier alpha value is -0.940. The van der Waals surface area contributed by atoms with Crippen molar-refractivity contribution in [3.05, 3.63) is 11.9 Å². The van der Waals surface area contributed by atoms with Crippen LogP contribution < -0.4 is 0 Å². The van der Waals surface area contributed by atoms with Crippen LogP contribution in [0.2, 0.25) is 0 Å². The highest BCUT2D eigenvalue weighted by Gasteiger charge is 2.23. The molecular formula is C10H19N3O2. The summed E-state index contributed by atoms with van der Waals surface area (Å²) >= 11 is 0. The van der Waals surface area contributed by atoms with Crippen molar-refractivity contribution >= 4 is 0 Å². The molecule has 0 aliphatic rings. The van der Waals surface area contributed by atoms with Gasteiger partial charge in [0.1, 0.15) is 11.3 Å². The number of aromatic nitrogens is 3. The van der Waals surface area contributed by atoms with Crippen LogP contribution in [0.1, 0.15) is 39.8 Å². The molecule has 1 aromatic rings. The molecule has 1 rings (SSSR count). The average molecular weight is 213 g/mol. The van der Waals surface area contributed by atoms with Crippen molar-refractivity contribution in [1.82, 2.24) is 15.0 Å². The average Bonchev–Trinajstić information content (AvgIpc) is 2.51. The Morgan fingerprint density at radius 2 is 1.93 bits per heavy atom. The zero-order valence-corrected chi connectivity index (χ0v) is 9.73. The molecule has 1 heterocycles. The molecular weight excluding hydrogens is 194 g/mol. The summed E-state index contributed by atoms with van der Waals surface area (Å²) in [5, 5.41) is 27.2. The van der Waals surface area contributed by atoms with Crippen molar-refractivity contribution in [2.75, 3.05) is 0 Å². The topological polar surface area (TPSA) is 71.2 Å². The molecule has 1 aromatic heterocycles. The number of rotatable bonds is 4. The quantitative estimate of drug-likeness (QED) is 0.771. The maximum Gasteiger partial charge on any atom is 0.114 e. The van der Waals surface area contributed by atoms with E-state index in [1.807, 2.05) is 6.92 Å². The van der Waals surface area contributed by atoms with Gasteiger partial charge >= 0.3 is 0 Å². The van der Waals surface area contributed by atoms with E-state index in [1.165, 1.54) is 0 Å². The third-order valence-electron chi connectivity index (χ3n) is 2.43. The van der Waals surface area contributed by atoms with Gasteiger partial charge in [-0.3, -0.25) is 0 Å². The summed E-state index contributed by atoms with van der Waals surface area (Å²) in [6.45, 7) is 7.34. The van der Waals surface area contributed by atoms with Gasteiger partial charge in [-0.15, -0.1) is 5.10 Å². The lowest BCUT2D eigenvalue weighted by molar-refractivity contribution is 0.0338. The smallest absolute Gasteiger partial charge is 0.114 e. The number of hydrogen-bond donors (Lipinski definition) is 2. The largest absolute Gasteiger partial charge is 0.388 e. The van der Waals surface area contributed by atoms with Crippen LogP contribution in [0.4, 0.5) is 0 Å². The second-order valence-electron chi connectivity index (χ2n) is 4.71. The van der Waals surface area contributed by atoms with E-state index in [1.54, 1.807) is 31.6 Å². The molecule has 0 bridgehead atoms. The zero-order valence-electron chi connectivity index (χ0n) is 9.73. The van der Waals surface area contributed by atoms with Crippen LogP contribution >= 0.6 is 0 Å². The van der Waals surface area contributed by atoms with E-state index in [0.717, 1.165) is 0 Å². The summed E-state index contributed by atoms with van der Waals surface area (Å²) in [4.78, 5) is 0. The lowest BCUT2D eigenvalue weighted by Crippen LogP contribution is -2.29. The van der Waals surface area contributed by atoms with Crippen LogP contribution in [0.15, 0.2) is 6.20 Å². The predicted octanol–water partition coefficient (Wildman–Crippen LogP) is 0.666. The van der Waals surface area contributed by atoms with Crippen LogP contribution in [0.25, 0.3) is 0 Å². The highest BCUT2D eigenvalue weighted by Crippen LogP contribution is 2.17. The van der Waals surface area contributed by atoms with E-state index in [0.29, 0.717) is 18.7 Å². The molecule has 0 saturated carbocycles. The minimum Gasteiger partial charge on any atom is -0.388 e. The molecule has 0 aliphatic carbocycles. The fourth-order valence-corrected chi connectivity index (χ4v) is 1.12. The first-order valence-electron chi connectivity index (χ1n) is 5.10. The van der Waals surface area contributed by atoms with Crippen molar-refractivity contribution in [1.29, 1.82) is 0 Å². The summed E-state index contributed by atoms with van der Waals surface area (Å²) in [7, 11) is 0. The van der Waals surface area contributed by atoms with E-state index in [4.69, 9.17) is 0 Å². The van der Waals surface area contributed by atoms with E-state index in [-0.39, 0.29) is 0 Å². The van der Waals surface area contributed by atoms with Gasteiger partial charge in [-0.05, 0) is 27.2 Å². The summed E-state index contributed by atoms with van der Waals surface area (Å²) in [6.07, 6.45) is 2.30. The normalized spacial score (nSPS) is 16.4. The molecule has 5 nitrogen and oxygen atoms in total. The Morgan fingerprint density at radius 1 is 1.33 bits per heavy atom. The fraction of sp³-hybridized carbons (Fsp3) is 0.800. The van der Waals surface area contributed by atoms with E-state index < -0.39 is 11.2 Å². The molecule has 0 fully saturated rings. The van der Waals surface area contributed by atoms with Gasteiger partial charge in [0.25, 0.3) is 0 Å². The minimum atomic E-state index is -0.990. The highest BCUT2D eigenvalue weighted by atomic mass is 16.3. The predicted molar refractivity (Wildman–Crippen MR) is 56.2 cm³/mol. The van der Waals surface area contributed by atoms with Gasteiger partial charge in [0.05, 0.1) is 18.3 Å². The lowest BCUT2D eigenvalue weighted by atomic mass is 10.0. The third-order valence-corrected chi connectivity index (χ3v) is 2.43. The third kappa shape index (κ3) is 3.28. The van der Waals surface area contributed by atoms with Crippen LogP contribution in [-0.2, 0) is 12.1 Å². The minimum absolute atomic E-state index is 0.382. The second-order valence-corrected chi connectivity index (χ2v) is 4.71. The van der Waals surface area contributed by atoms with Gasteiger partial charge in [0.2, 0.25) is 0 Å². The summed E-state index contributed by atoms with van der Waals surface area (Å²) in [5.74, 6) is 0. The molecule has 5 heteroatoms. The van der Waals surface area contributed by atoms with Gasteiger partial charge in [-0.1, -0.05) is 12.1 Å². The Labute approximate surface area is 89.7 Å². The van der Waals surface area contributed by atoms with Crippen molar-refractivity contribution in [3.8, 4) is 0 Å². The van der Waals surface area contributed by atoms with Crippen molar-refractivity contribution in [2.45, 2.75) is 51.9 Å². The molecule has 0 aromatic carbocycles. The van der Waals surface area contributed by atoms with Crippen LogP contribution in [-0.4, -0.2) is 30.8 Å². The Kier molecular flexibility index (Phi) is 3.16. The Bertz CT molecular complexity index is 326. The Morgan fingerprint density at radius 3 is 2.33 bits per heavy atom. The molecule has 2 N–H and O–H groups in total.